The number of hydrogen-bond donors (Lipinski definition) is 0. The van der Waals surface area contributed by atoms with E-state index in [0.29, 0.717) is 5.56 Å². The highest BCUT2D eigenvalue weighted by Crippen LogP contribution is 2.33. The van der Waals surface area contributed by atoms with Gasteiger partial charge in [0.05, 0.1) is 0 Å². The molecule has 2 aromatic rings. The predicted octanol–water partition coefficient (Wildman–Crippen LogP) is 4.43. The zero-order chi connectivity index (χ0) is 15.1. The second-order valence-corrected chi connectivity index (χ2v) is 5.29. The highest BCUT2D eigenvalue weighted by molar-refractivity contribution is 5.92. The zero-order valence-electron chi connectivity index (χ0n) is 13.5. The lowest BCUT2D eigenvalue weighted by atomic mass is 9.81. The van der Waals surface area contributed by atoms with E-state index in [1.807, 2.05) is 24.3 Å². The Morgan fingerprint density at radius 3 is 2.53 bits per heavy atom. The molecule has 0 saturated heterocycles. The maximum absolute atomic E-state index is 7.66. The minimum absolute atomic E-state index is 0.0987. The van der Waals surface area contributed by atoms with Gasteiger partial charge in [0.25, 0.3) is 0 Å². The van der Waals surface area contributed by atoms with E-state index in [1.54, 1.807) is 6.07 Å². The van der Waals surface area contributed by atoms with Crippen molar-refractivity contribution in [2.24, 2.45) is 0 Å². The Balaban J connectivity index is 2.97. The largest absolute Gasteiger partial charge is 0.115 e. The number of aryl methyl sites for hydroxylation is 1. The van der Waals surface area contributed by atoms with Gasteiger partial charge in [0.1, 0.15) is 0 Å². The molecule has 0 aliphatic heterocycles. The van der Waals surface area contributed by atoms with Gasteiger partial charge in [-0.15, -0.1) is 6.42 Å². The third kappa shape index (κ3) is 1.94. The van der Waals surface area contributed by atoms with Crippen molar-refractivity contribution in [3.05, 3.63) is 47.0 Å². The maximum Gasteiger partial charge on any atom is 0.0353 e. The molecule has 86 valence electrons. The standard InChI is InChI=1S/C17H18/c1-6-14-12(2)10-11-13-8-7-9-15(16(13)14)17(3,4)5/h1,7-11H,2-5H3/i2D3. The number of benzene rings is 2. The SMILES string of the molecule is [2H]C([2H])([2H])c1ccc2cccc(C(C)(C)C)c2c1C#C. The number of terminal acetylenes is 1. The van der Waals surface area contributed by atoms with Crippen molar-refractivity contribution in [1.29, 1.82) is 0 Å². The lowest BCUT2D eigenvalue weighted by Crippen LogP contribution is -2.12. The van der Waals surface area contributed by atoms with Crippen LogP contribution in [0.5, 0.6) is 0 Å². The summed E-state index contributed by atoms with van der Waals surface area (Å²) in [5.41, 5.74) is 1.73. The van der Waals surface area contributed by atoms with Crippen LogP contribution in [0, 0.1) is 19.2 Å². The Kier molecular flexibility index (Phi) is 1.93. The van der Waals surface area contributed by atoms with Gasteiger partial charge in [-0.05, 0) is 28.8 Å². The number of hydrogen-bond acceptors (Lipinski definition) is 0. The molecule has 0 radical (unpaired) electrons. The second kappa shape index (κ2) is 3.93. The fraction of sp³-hybridized carbons (Fsp3) is 0.294. The Morgan fingerprint density at radius 2 is 1.94 bits per heavy atom. The Hall–Kier alpha value is -1.74. The molecule has 0 bridgehead atoms. The van der Waals surface area contributed by atoms with Crippen molar-refractivity contribution in [2.75, 3.05) is 0 Å². The number of rotatable bonds is 0. The average Bonchev–Trinajstić information content (AvgIpc) is 2.34. The topological polar surface area (TPSA) is 0 Å². The molecule has 0 saturated carbocycles. The summed E-state index contributed by atoms with van der Waals surface area (Å²) < 4.78 is 23.0. The molecule has 0 aliphatic carbocycles. The third-order valence-electron chi connectivity index (χ3n) is 3.00. The number of fused-ring (bicyclic) bond motifs is 1. The summed E-state index contributed by atoms with van der Waals surface area (Å²) in [6.07, 6.45) is 5.63. The van der Waals surface area contributed by atoms with Crippen LogP contribution in [0.2, 0.25) is 0 Å². The average molecular weight is 225 g/mol. The Labute approximate surface area is 108 Å². The zero-order valence-corrected chi connectivity index (χ0v) is 10.5. The Bertz CT molecular complexity index is 695. The molecule has 2 rings (SSSR count). The molecular formula is C17H18. The molecule has 0 atom stereocenters. The van der Waals surface area contributed by atoms with Gasteiger partial charge < -0.3 is 0 Å². The van der Waals surface area contributed by atoms with E-state index >= 15 is 0 Å². The summed E-state index contributed by atoms with van der Waals surface area (Å²) in [5, 5.41) is 1.87. The summed E-state index contributed by atoms with van der Waals surface area (Å²) >= 11 is 0. The van der Waals surface area contributed by atoms with Crippen molar-refractivity contribution in [3.8, 4) is 12.3 Å². The van der Waals surface area contributed by atoms with Gasteiger partial charge in [0.2, 0.25) is 0 Å². The normalized spacial score (nSPS) is 14.8. The van der Waals surface area contributed by atoms with E-state index in [0.717, 1.165) is 16.3 Å². The fourth-order valence-corrected chi connectivity index (χ4v) is 2.15. The summed E-state index contributed by atoms with van der Waals surface area (Å²) in [5.74, 6) is 2.60. The van der Waals surface area contributed by atoms with Crippen LogP contribution in [0.3, 0.4) is 0 Å². The quantitative estimate of drug-likeness (QED) is 0.582. The van der Waals surface area contributed by atoms with Crippen LogP contribution in [-0.4, -0.2) is 0 Å². The van der Waals surface area contributed by atoms with Crippen molar-refractivity contribution >= 4 is 10.8 Å². The van der Waals surface area contributed by atoms with E-state index in [9.17, 15) is 0 Å². The van der Waals surface area contributed by atoms with E-state index < -0.39 is 6.85 Å². The van der Waals surface area contributed by atoms with Gasteiger partial charge >= 0.3 is 0 Å². The van der Waals surface area contributed by atoms with Crippen molar-refractivity contribution < 1.29 is 4.11 Å². The molecule has 0 amide bonds. The highest BCUT2D eigenvalue weighted by Gasteiger charge is 2.18. The van der Waals surface area contributed by atoms with Crippen molar-refractivity contribution in [1.82, 2.24) is 0 Å². The van der Waals surface area contributed by atoms with E-state index in [-0.39, 0.29) is 11.0 Å². The molecule has 0 aromatic heterocycles. The Morgan fingerprint density at radius 1 is 1.18 bits per heavy atom. The third-order valence-corrected chi connectivity index (χ3v) is 3.00. The summed E-state index contributed by atoms with van der Waals surface area (Å²) in [6.45, 7) is 4.11. The van der Waals surface area contributed by atoms with Crippen LogP contribution < -0.4 is 0 Å². The molecule has 0 heteroatoms. The first-order valence-electron chi connectivity index (χ1n) is 7.19. The molecule has 0 unspecified atom stereocenters. The van der Waals surface area contributed by atoms with Gasteiger partial charge in [0, 0.05) is 15.1 Å². The minimum atomic E-state index is -2.19. The first kappa shape index (κ1) is 8.37. The monoisotopic (exact) mass is 225 g/mol. The van der Waals surface area contributed by atoms with Crippen LogP contribution in [0.1, 0.15) is 41.6 Å². The first-order valence-corrected chi connectivity index (χ1v) is 5.69. The molecular weight excluding hydrogens is 204 g/mol. The molecule has 2 aromatic carbocycles. The summed E-state index contributed by atoms with van der Waals surface area (Å²) in [7, 11) is 0. The van der Waals surface area contributed by atoms with Gasteiger partial charge in [-0.25, -0.2) is 0 Å². The molecule has 0 heterocycles. The smallest absolute Gasteiger partial charge is 0.0353 e. The van der Waals surface area contributed by atoms with Crippen LogP contribution in [0.25, 0.3) is 10.8 Å². The van der Waals surface area contributed by atoms with Gasteiger partial charge in [-0.2, -0.15) is 0 Å². The van der Waals surface area contributed by atoms with E-state index in [1.165, 1.54) is 0 Å². The molecule has 0 spiro atoms. The van der Waals surface area contributed by atoms with Crippen LogP contribution in [-0.2, 0) is 5.41 Å². The van der Waals surface area contributed by atoms with Gasteiger partial charge in [-0.1, -0.05) is 57.0 Å². The molecule has 0 N–H and O–H groups in total. The van der Waals surface area contributed by atoms with Crippen LogP contribution in [0.4, 0.5) is 0 Å². The fourth-order valence-electron chi connectivity index (χ4n) is 2.15. The molecule has 0 nitrogen and oxygen atoms in total. The van der Waals surface area contributed by atoms with E-state index in [2.05, 4.69) is 26.7 Å². The molecule has 0 fully saturated rings. The highest BCUT2D eigenvalue weighted by atomic mass is 14.2. The van der Waals surface area contributed by atoms with Crippen molar-refractivity contribution in [3.63, 3.8) is 0 Å². The lowest BCUT2D eigenvalue weighted by Gasteiger charge is -2.22. The van der Waals surface area contributed by atoms with Gasteiger partial charge in [-0.3, -0.25) is 0 Å². The molecule has 17 heavy (non-hydrogen) atoms. The predicted molar refractivity (Wildman–Crippen MR) is 75.3 cm³/mol. The van der Waals surface area contributed by atoms with Crippen LogP contribution in [0.15, 0.2) is 30.3 Å². The molecule has 0 aliphatic rings. The van der Waals surface area contributed by atoms with E-state index in [4.69, 9.17) is 10.5 Å². The summed E-state index contributed by atoms with van der Waals surface area (Å²) in [4.78, 5) is 0. The first-order chi connectivity index (χ1) is 9.16. The maximum atomic E-state index is 7.66. The minimum Gasteiger partial charge on any atom is -0.115 e. The summed E-state index contributed by atoms with van der Waals surface area (Å²) in [6, 6.07) is 9.43. The lowest BCUT2D eigenvalue weighted by molar-refractivity contribution is 0.596. The van der Waals surface area contributed by atoms with Gasteiger partial charge in [0.15, 0.2) is 0 Å². The van der Waals surface area contributed by atoms with Crippen molar-refractivity contribution in [2.45, 2.75) is 33.0 Å². The van der Waals surface area contributed by atoms with Crippen LogP contribution >= 0.6 is 0 Å². The second-order valence-electron chi connectivity index (χ2n) is 5.29.